The largest absolute Gasteiger partial charge is 0.307 e. The van der Waals surface area contributed by atoms with E-state index in [2.05, 4.69) is 24.5 Å². The fourth-order valence-corrected chi connectivity index (χ4v) is 4.31. The van der Waals surface area contributed by atoms with Gasteiger partial charge in [-0.2, -0.15) is 0 Å². The van der Waals surface area contributed by atoms with E-state index in [-0.39, 0.29) is 17.9 Å². The van der Waals surface area contributed by atoms with Gasteiger partial charge < -0.3 is 5.32 Å². The van der Waals surface area contributed by atoms with E-state index in [1.54, 1.807) is 5.57 Å². The Morgan fingerprint density at radius 2 is 1.90 bits per heavy atom. The lowest BCUT2D eigenvalue weighted by Crippen LogP contribution is -2.47. The molecule has 1 N–H and O–H groups in total. The van der Waals surface area contributed by atoms with E-state index in [4.69, 9.17) is 23.2 Å². The lowest BCUT2D eigenvalue weighted by molar-refractivity contribution is 0.261. The van der Waals surface area contributed by atoms with Crippen molar-refractivity contribution in [1.29, 1.82) is 0 Å². The van der Waals surface area contributed by atoms with Crippen molar-refractivity contribution in [2.75, 3.05) is 7.05 Å². The summed E-state index contributed by atoms with van der Waals surface area (Å²) in [5.41, 5.74) is 2.79. The first-order valence-electron chi connectivity index (χ1n) is 7.52. The molecule has 116 valence electrons. The number of fused-ring (bicyclic) bond motifs is 1. The van der Waals surface area contributed by atoms with Crippen LogP contribution in [0, 0.1) is 5.92 Å². The molecule has 3 rings (SSSR count). The number of benzene rings is 1. The van der Waals surface area contributed by atoms with Crippen LogP contribution in [0.1, 0.15) is 44.1 Å². The number of allylic oxidation sites excluding steroid dienone is 1. The van der Waals surface area contributed by atoms with Gasteiger partial charge in [0.25, 0.3) is 0 Å². The zero-order valence-corrected chi connectivity index (χ0v) is 14.6. The highest BCUT2D eigenvalue weighted by Crippen LogP contribution is 2.48. The molecule has 1 saturated carbocycles. The highest BCUT2D eigenvalue weighted by Gasteiger charge is 2.41. The lowest BCUT2D eigenvalue weighted by Gasteiger charge is -2.46. The Morgan fingerprint density at radius 1 is 1.14 bits per heavy atom. The van der Waals surface area contributed by atoms with Crippen LogP contribution in [-0.4, -0.2) is 7.05 Å². The van der Waals surface area contributed by atoms with Gasteiger partial charge in [-0.05, 0) is 68.3 Å². The van der Waals surface area contributed by atoms with E-state index < -0.39 is 0 Å². The van der Waals surface area contributed by atoms with Gasteiger partial charge >= 0.3 is 0 Å². The Morgan fingerprint density at radius 3 is 2.62 bits per heavy atom. The molecule has 0 aromatic heterocycles. The maximum Gasteiger partial charge on any atom is 0.0650 e. The van der Waals surface area contributed by atoms with Crippen molar-refractivity contribution in [3.05, 3.63) is 45.5 Å². The summed E-state index contributed by atoms with van der Waals surface area (Å²) >= 11 is 12.3. The van der Waals surface area contributed by atoms with Gasteiger partial charge in [0.15, 0.2) is 0 Å². The molecule has 0 radical (unpaired) electrons. The number of hydrogen-bond acceptors (Lipinski definition) is 1. The fraction of sp³-hybridized carbons (Fsp3) is 0.529. The quantitative estimate of drug-likeness (QED) is 0.673. The van der Waals surface area contributed by atoms with E-state index >= 15 is 0 Å². The molecule has 0 spiro atoms. The maximum absolute atomic E-state index is 6.25. The molecule has 2 aliphatic rings. The van der Waals surface area contributed by atoms with Crippen molar-refractivity contribution < 1.29 is 0 Å². The van der Waals surface area contributed by atoms with Crippen LogP contribution in [0.4, 0.5) is 0 Å². The van der Waals surface area contributed by atoms with Gasteiger partial charge in [-0.3, -0.25) is 0 Å². The van der Waals surface area contributed by atoms with E-state index in [0.717, 1.165) is 12.3 Å². The Hall–Kier alpha value is -0.210. The minimum Gasteiger partial charge on any atom is -0.307 e. The molecular weight excluding hydrogens is 325 g/mol. The molecule has 0 saturated heterocycles. The van der Waals surface area contributed by atoms with Crippen molar-refractivity contribution in [2.45, 2.75) is 44.1 Å². The predicted octanol–water partition coefficient (Wildman–Crippen LogP) is 5.74. The third kappa shape index (κ3) is 2.99. The van der Waals surface area contributed by atoms with E-state index in [9.17, 15) is 0 Å². The SMILES string of the molecule is CNC1(c2ccc(Cl)c(Cl)c2)CCCC2CCCC=C21.Cl. The summed E-state index contributed by atoms with van der Waals surface area (Å²) in [6.45, 7) is 0. The number of likely N-dealkylation sites (N-methyl/N-ethyl adjacent to an activating group) is 1. The number of nitrogens with one attached hydrogen (secondary N) is 1. The Kier molecular flexibility index (Phi) is 5.65. The molecule has 1 aromatic rings. The van der Waals surface area contributed by atoms with Crippen molar-refractivity contribution >= 4 is 35.6 Å². The van der Waals surface area contributed by atoms with Gasteiger partial charge in [-0.1, -0.05) is 41.8 Å². The molecule has 1 nitrogen and oxygen atoms in total. The zero-order valence-electron chi connectivity index (χ0n) is 12.3. The topological polar surface area (TPSA) is 12.0 Å². The highest BCUT2D eigenvalue weighted by molar-refractivity contribution is 6.42. The highest BCUT2D eigenvalue weighted by atomic mass is 35.5. The second kappa shape index (κ2) is 6.91. The minimum absolute atomic E-state index is 0. The number of hydrogen-bond donors (Lipinski definition) is 1. The first-order valence-corrected chi connectivity index (χ1v) is 8.28. The van der Waals surface area contributed by atoms with Crippen LogP contribution >= 0.6 is 35.6 Å². The first-order chi connectivity index (χ1) is 9.67. The molecule has 1 aromatic carbocycles. The monoisotopic (exact) mass is 345 g/mol. The van der Waals surface area contributed by atoms with E-state index in [1.807, 2.05) is 12.1 Å². The van der Waals surface area contributed by atoms with Crippen LogP contribution in [0.15, 0.2) is 29.8 Å². The molecule has 2 unspecified atom stereocenters. The smallest absolute Gasteiger partial charge is 0.0650 e. The summed E-state index contributed by atoms with van der Waals surface area (Å²) in [4.78, 5) is 0. The molecule has 0 amide bonds. The van der Waals surface area contributed by atoms with Gasteiger partial charge in [-0.25, -0.2) is 0 Å². The molecule has 0 heterocycles. The zero-order chi connectivity index (χ0) is 14.2. The first kappa shape index (κ1) is 17.1. The number of rotatable bonds is 2. The van der Waals surface area contributed by atoms with Crippen LogP contribution < -0.4 is 5.32 Å². The summed E-state index contributed by atoms with van der Waals surface area (Å²) in [5, 5.41) is 4.89. The molecule has 1 fully saturated rings. The minimum atomic E-state index is -0.0441. The molecule has 0 aliphatic heterocycles. The second-order valence-electron chi connectivity index (χ2n) is 5.96. The van der Waals surface area contributed by atoms with Gasteiger partial charge in [0, 0.05) is 0 Å². The van der Waals surface area contributed by atoms with Crippen molar-refractivity contribution in [3.8, 4) is 0 Å². The molecular formula is C17H22Cl3N. The van der Waals surface area contributed by atoms with Crippen molar-refractivity contribution in [2.24, 2.45) is 5.92 Å². The normalized spacial score (nSPS) is 28.3. The van der Waals surface area contributed by atoms with Gasteiger partial charge in [0.05, 0.1) is 15.6 Å². The third-order valence-corrected chi connectivity index (χ3v) is 5.74. The van der Waals surface area contributed by atoms with Crippen LogP contribution in [0.3, 0.4) is 0 Å². The summed E-state index contributed by atoms with van der Waals surface area (Å²) in [7, 11) is 2.07. The van der Waals surface area contributed by atoms with E-state index in [0.29, 0.717) is 10.0 Å². The molecule has 2 aliphatic carbocycles. The molecule has 21 heavy (non-hydrogen) atoms. The Labute approximate surface area is 143 Å². The summed E-state index contributed by atoms with van der Waals surface area (Å²) in [6.07, 6.45) is 10.1. The summed E-state index contributed by atoms with van der Waals surface area (Å²) < 4.78 is 0. The van der Waals surface area contributed by atoms with Crippen LogP contribution in [0.25, 0.3) is 0 Å². The summed E-state index contributed by atoms with van der Waals surface area (Å²) in [6, 6.07) is 6.09. The Bertz CT molecular complexity index is 541. The van der Waals surface area contributed by atoms with Crippen LogP contribution in [-0.2, 0) is 5.54 Å². The predicted molar refractivity (Wildman–Crippen MR) is 93.7 cm³/mol. The standard InChI is InChI=1S/C17H21Cl2N.ClH/c1-20-17(13-8-9-15(18)16(19)11-13)10-4-6-12-5-2-3-7-14(12)17;/h7-9,11-12,20H,2-6,10H2,1H3;1H. The van der Waals surface area contributed by atoms with E-state index in [1.165, 1.54) is 37.7 Å². The van der Waals surface area contributed by atoms with Gasteiger partial charge in [-0.15, -0.1) is 12.4 Å². The average Bonchev–Trinajstić information content (AvgIpc) is 2.49. The number of halogens is 3. The molecule has 0 bridgehead atoms. The van der Waals surface area contributed by atoms with Gasteiger partial charge in [0.1, 0.15) is 0 Å². The summed E-state index contributed by atoms with van der Waals surface area (Å²) in [5.74, 6) is 0.736. The second-order valence-corrected chi connectivity index (χ2v) is 6.78. The average molecular weight is 347 g/mol. The molecule has 2 atom stereocenters. The van der Waals surface area contributed by atoms with Crippen LogP contribution in [0.5, 0.6) is 0 Å². The Balaban J connectivity index is 0.00000161. The lowest BCUT2D eigenvalue weighted by atomic mass is 9.65. The van der Waals surface area contributed by atoms with Gasteiger partial charge in [0.2, 0.25) is 0 Å². The van der Waals surface area contributed by atoms with Crippen molar-refractivity contribution in [1.82, 2.24) is 5.32 Å². The van der Waals surface area contributed by atoms with Crippen LogP contribution in [0.2, 0.25) is 10.0 Å². The van der Waals surface area contributed by atoms with Crippen molar-refractivity contribution in [3.63, 3.8) is 0 Å². The third-order valence-electron chi connectivity index (χ3n) is 5.00. The fourth-order valence-electron chi connectivity index (χ4n) is 4.01. The maximum atomic E-state index is 6.25. The molecule has 4 heteroatoms.